The van der Waals surface area contributed by atoms with Crippen molar-refractivity contribution in [2.24, 2.45) is 11.8 Å². The second-order valence-corrected chi connectivity index (χ2v) is 8.02. The predicted octanol–water partition coefficient (Wildman–Crippen LogP) is 2.19. The minimum Gasteiger partial charge on any atom is -0.337 e. The molecule has 0 spiro atoms. The third kappa shape index (κ3) is 4.50. The molecule has 0 aliphatic carbocycles. The average Bonchev–Trinajstić information content (AvgIpc) is 3.22. The minimum absolute atomic E-state index is 0.0781. The first-order valence-electron chi connectivity index (χ1n) is 10.3. The molecular weight excluding hydrogens is 352 g/mol. The van der Waals surface area contributed by atoms with Gasteiger partial charge in [0.1, 0.15) is 5.69 Å². The Balaban J connectivity index is 1.23. The monoisotopic (exact) mass is 380 g/mol. The van der Waals surface area contributed by atoms with Crippen molar-refractivity contribution in [3.8, 4) is 0 Å². The van der Waals surface area contributed by atoms with E-state index in [1.165, 1.54) is 37.2 Å². The van der Waals surface area contributed by atoms with Gasteiger partial charge in [0.2, 0.25) is 0 Å². The summed E-state index contributed by atoms with van der Waals surface area (Å²) >= 11 is 0. The SMILES string of the molecule is O=C(c1ccc(=O)[nH]n1)N1CCC(C2CCN(CCc3ccccc3)C2)CC1. The Bertz CT molecular complexity index is 823. The first kappa shape index (κ1) is 18.9. The van der Waals surface area contributed by atoms with Crippen LogP contribution in [0.15, 0.2) is 47.3 Å². The number of piperidine rings is 1. The van der Waals surface area contributed by atoms with Crippen LogP contribution in [0.2, 0.25) is 0 Å². The highest BCUT2D eigenvalue weighted by atomic mass is 16.2. The number of nitrogens with zero attached hydrogens (tertiary/aromatic N) is 3. The van der Waals surface area contributed by atoms with Gasteiger partial charge in [-0.05, 0) is 55.7 Å². The molecule has 0 bridgehead atoms. The Labute approximate surface area is 165 Å². The van der Waals surface area contributed by atoms with Gasteiger partial charge < -0.3 is 9.80 Å². The van der Waals surface area contributed by atoms with Gasteiger partial charge in [-0.3, -0.25) is 9.59 Å². The summed E-state index contributed by atoms with van der Waals surface area (Å²) in [4.78, 5) is 28.1. The maximum atomic E-state index is 12.5. The maximum absolute atomic E-state index is 12.5. The molecule has 2 saturated heterocycles. The van der Waals surface area contributed by atoms with Crippen LogP contribution in [0.1, 0.15) is 35.3 Å². The third-order valence-electron chi connectivity index (χ3n) is 6.26. The van der Waals surface area contributed by atoms with E-state index in [2.05, 4.69) is 45.4 Å². The fourth-order valence-corrected chi connectivity index (χ4v) is 4.58. The van der Waals surface area contributed by atoms with Crippen molar-refractivity contribution in [3.05, 3.63) is 64.1 Å². The zero-order chi connectivity index (χ0) is 19.3. The molecule has 2 fully saturated rings. The Morgan fingerprint density at radius 3 is 2.46 bits per heavy atom. The van der Waals surface area contributed by atoms with Gasteiger partial charge in [0, 0.05) is 32.2 Å². The van der Waals surface area contributed by atoms with Crippen LogP contribution < -0.4 is 5.56 Å². The number of likely N-dealkylation sites (tertiary alicyclic amines) is 2. The molecule has 1 N–H and O–H groups in total. The number of aromatic amines is 1. The molecule has 0 radical (unpaired) electrons. The lowest BCUT2D eigenvalue weighted by atomic mass is 9.83. The molecule has 148 valence electrons. The highest BCUT2D eigenvalue weighted by molar-refractivity contribution is 5.92. The molecule has 1 aromatic heterocycles. The van der Waals surface area contributed by atoms with E-state index in [0.717, 1.165) is 44.8 Å². The summed E-state index contributed by atoms with van der Waals surface area (Å²) in [6, 6.07) is 13.6. The highest BCUT2D eigenvalue weighted by Crippen LogP contribution is 2.32. The lowest BCUT2D eigenvalue weighted by Gasteiger charge is -2.34. The second-order valence-electron chi connectivity index (χ2n) is 8.02. The highest BCUT2D eigenvalue weighted by Gasteiger charge is 2.33. The third-order valence-corrected chi connectivity index (χ3v) is 6.26. The van der Waals surface area contributed by atoms with E-state index in [-0.39, 0.29) is 11.5 Å². The van der Waals surface area contributed by atoms with E-state index >= 15 is 0 Å². The van der Waals surface area contributed by atoms with E-state index in [0.29, 0.717) is 11.6 Å². The molecule has 6 nitrogen and oxygen atoms in total. The normalized spacial score (nSPS) is 21.1. The zero-order valence-electron chi connectivity index (χ0n) is 16.2. The molecule has 1 amide bonds. The molecule has 28 heavy (non-hydrogen) atoms. The van der Waals surface area contributed by atoms with Crippen LogP contribution >= 0.6 is 0 Å². The number of hydrogen-bond acceptors (Lipinski definition) is 4. The molecular formula is C22H28N4O2. The zero-order valence-corrected chi connectivity index (χ0v) is 16.2. The smallest absolute Gasteiger partial charge is 0.274 e. The number of amides is 1. The fraction of sp³-hybridized carbons (Fsp3) is 0.500. The minimum atomic E-state index is -0.284. The van der Waals surface area contributed by atoms with Crippen molar-refractivity contribution < 1.29 is 4.79 Å². The summed E-state index contributed by atoms with van der Waals surface area (Å²) in [5.74, 6) is 1.37. The van der Waals surface area contributed by atoms with Crippen molar-refractivity contribution in [1.82, 2.24) is 20.0 Å². The number of hydrogen-bond donors (Lipinski definition) is 1. The van der Waals surface area contributed by atoms with Crippen molar-refractivity contribution in [1.29, 1.82) is 0 Å². The van der Waals surface area contributed by atoms with E-state index < -0.39 is 0 Å². The molecule has 4 rings (SSSR count). The van der Waals surface area contributed by atoms with Gasteiger partial charge in [0.25, 0.3) is 11.5 Å². The number of aromatic nitrogens is 2. The Kier molecular flexibility index (Phi) is 5.86. The number of nitrogens with one attached hydrogen (secondary N) is 1. The largest absolute Gasteiger partial charge is 0.337 e. The summed E-state index contributed by atoms with van der Waals surface area (Å²) in [5, 5.41) is 6.21. The Morgan fingerprint density at radius 2 is 1.75 bits per heavy atom. The summed E-state index contributed by atoms with van der Waals surface area (Å²) in [6.45, 7) is 5.08. The summed E-state index contributed by atoms with van der Waals surface area (Å²) < 4.78 is 0. The van der Waals surface area contributed by atoms with Crippen LogP contribution in [0.3, 0.4) is 0 Å². The van der Waals surface area contributed by atoms with Gasteiger partial charge in [-0.1, -0.05) is 30.3 Å². The second kappa shape index (κ2) is 8.69. The number of rotatable bonds is 5. The number of carbonyl (C=O) groups is 1. The van der Waals surface area contributed by atoms with Gasteiger partial charge in [0.15, 0.2) is 0 Å². The van der Waals surface area contributed by atoms with Gasteiger partial charge in [-0.25, -0.2) is 5.10 Å². The van der Waals surface area contributed by atoms with E-state index in [1.807, 2.05) is 4.90 Å². The van der Waals surface area contributed by atoms with Crippen LogP contribution in [0.25, 0.3) is 0 Å². The Hall–Kier alpha value is -2.47. The lowest BCUT2D eigenvalue weighted by Crippen LogP contribution is -2.41. The first-order valence-corrected chi connectivity index (χ1v) is 10.3. The summed E-state index contributed by atoms with van der Waals surface area (Å²) in [7, 11) is 0. The number of benzene rings is 1. The summed E-state index contributed by atoms with van der Waals surface area (Å²) in [5.41, 5.74) is 1.45. The molecule has 2 aliphatic rings. The number of H-pyrrole nitrogens is 1. The lowest BCUT2D eigenvalue weighted by molar-refractivity contribution is 0.0652. The van der Waals surface area contributed by atoms with Crippen LogP contribution in [-0.2, 0) is 6.42 Å². The van der Waals surface area contributed by atoms with Crippen molar-refractivity contribution in [3.63, 3.8) is 0 Å². The molecule has 1 unspecified atom stereocenters. The average molecular weight is 380 g/mol. The van der Waals surface area contributed by atoms with E-state index in [9.17, 15) is 9.59 Å². The van der Waals surface area contributed by atoms with Crippen LogP contribution in [0.5, 0.6) is 0 Å². The van der Waals surface area contributed by atoms with Crippen LogP contribution in [-0.4, -0.2) is 58.6 Å². The number of carbonyl (C=O) groups excluding carboxylic acids is 1. The fourth-order valence-electron chi connectivity index (χ4n) is 4.58. The van der Waals surface area contributed by atoms with Gasteiger partial charge in [-0.2, -0.15) is 5.10 Å². The molecule has 0 saturated carbocycles. The molecule has 1 aromatic carbocycles. The molecule has 3 heterocycles. The van der Waals surface area contributed by atoms with E-state index in [4.69, 9.17) is 0 Å². The molecule has 2 aliphatic heterocycles. The van der Waals surface area contributed by atoms with Crippen LogP contribution in [0, 0.1) is 11.8 Å². The first-order chi connectivity index (χ1) is 13.7. The molecule has 1 atom stereocenters. The van der Waals surface area contributed by atoms with E-state index in [1.54, 1.807) is 0 Å². The Morgan fingerprint density at radius 1 is 1.00 bits per heavy atom. The molecule has 6 heteroatoms. The summed E-state index contributed by atoms with van der Waals surface area (Å²) in [6.07, 6.45) is 4.51. The van der Waals surface area contributed by atoms with Crippen LogP contribution in [0.4, 0.5) is 0 Å². The van der Waals surface area contributed by atoms with Gasteiger partial charge in [-0.15, -0.1) is 0 Å². The van der Waals surface area contributed by atoms with Crippen molar-refractivity contribution in [2.75, 3.05) is 32.7 Å². The van der Waals surface area contributed by atoms with Gasteiger partial charge in [0.05, 0.1) is 0 Å². The van der Waals surface area contributed by atoms with Crippen molar-refractivity contribution >= 4 is 5.91 Å². The standard InChI is InChI=1S/C22H28N4O2/c27-21-7-6-20(23-24-21)22(28)26-14-10-18(11-15-26)19-9-13-25(16-19)12-8-17-4-2-1-3-5-17/h1-7,18-19H,8-16H2,(H,24,27). The predicted molar refractivity (Wildman–Crippen MR) is 108 cm³/mol. The maximum Gasteiger partial charge on any atom is 0.274 e. The molecule has 2 aromatic rings. The van der Waals surface area contributed by atoms with Gasteiger partial charge >= 0.3 is 0 Å². The quantitative estimate of drug-likeness (QED) is 0.863. The topological polar surface area (TPSA) is 69.3 Å². The van der Waals surface area contributed by atoms with Crippen molar-refractivity contribution in [2.45, 2.75) is 25.7 Å².